The quantitative estimate of drug-likeness (QED) is 0.701. The zero-order valence-electron chi connectivity index (χ0n) is 13.1. The first kappa shape index (κ1) is 17.4. The van der Waals surface area contributed by atoms with Gasteiger partial charge in [-0.1, -0.05) is 19.8 Å². The number of carbonyl (C=O) groups is 1. The number of carboxylic acids is 1. The molecule has 0 saturated heterocycles. The molecule has 5 heteroatoms. The average Bonchev–Trinajstić information content (AvgIpc) is 2.41. The summed E-state index contributed by atoms with van der Waals surface area (Å²) in [4.78, 5) is 14.0. The molecule has 1 saturated carbocycles. The van der Waals surface area contributed by atoms with Crippen LogP contribution in [0.5, 0.6) is 0 Å². The average molecular weight is 287 g/mol. The van der Waals surface area contributed by atoms with Crippen LogP contribution in [0.2, 0.25) is 0 Å². The molecular weight excluding hydrogens is 258 g/mol. The predicted molar refractivity (Wildman–Crippen MR) is 77.9 cm³/mol. The summed E-state index contributed by atoms with van der Waals surface area (Å²) >= 11 is 0. The number of carboxylic acid groups (broad SMARTS) is 1. The van der Waals surface area contributed by atoms with Gasteiger partial charge in [-0.2, -0.15) is 0 Å². The van der Waals surface area contributed by atoms with Gasteiger partial charge in [0.2, 0.25) is 0 Å². The highest BCUT2D eigenvalue weighted by Gasteiger charge is 2.42. The van der Waals surface area contributed by atoms with Gasteiger partial charge >= 0.3 is 5.97 Å². The summed E-state index contributed by atoms with van der Waals surface area (Å²) < 4.78 is 10.3. The summed E-state index contributed by atoms with van der Waals surface area (Å²) in [6, 6.07) is 0. The summed E-state index contributed by atoms with van der Waals surface area (Å²) in [6.45, 7) is 5.50. The Morgan fingerprint density at radius 2 is 1.90 bits per heavy atom. The van der Waals surface area contributed by atoms with Gasteiger partial charge in [0.05, 0.1) is 18.6 Å². The maximum Gasteiger partial charge on any atom is 0.310 e. The third-order valence-electron chi connectivity index (χ3n) is 4.29. The first-order valence-corrected chi connectivity index (χ1v) is 7.47. The SMILES string of the molecule is COCCN(CCOC)CC1(C(=O)O)CCCC(C)C1. The summed E-state index contributed by atoms with van der Waals surface area (Å²) in [5.74, 6) is -0.157. The van der Waals surface area contributed by atoms with E-state index in [9.17, 15) is 9.90 Å². The third-order valence-corrected chi connectivity index (χ3v) is 4.29. The van der Waals surface area contributed by atoms with Crippen molar-refractivity contribution in [2.45, 2.75) is 32.6 Å². The van der Waals surface area contributed by atoms with Crippen molar-refractivity contribution in [2.24, 2.45) is 11.3 Å². The lowest BCUT2D eigenvalue weighted by atomic mass is 9.69. The molecule has 0 aromatic heterocycles. The number of methoxy groups -OCH3 is 2. The van der Waals surface area contributed by atoms with E-state index >= 15 is 0 Å². The molecule has 0 spiro atoms. The monoisotopic (exact) mass is 287 g/mol. The Bertz CT molecular complexity index is 290. The van der Waals surface area contributed by atoms with Crippen LogP contribution in [0.15, 0.2) is 0 Å². The van der Waals surface area contributed by atoms with Crippen molar-refractivity contribution < 1.29 is 19.4 Å². The van der Waals surface area contributed by atoms with Crippen molar-refractivity contribution in [1.29, 1.82) is 0 Å². The van der Waals surface area contributed by atoms with Crippen LogP contribution in [0.1, 0.15) is 32.6 Å². The number of rotatable bonds is 9. The van der Waals surface area contributed by atoms with E-state index in [1.165, 1.54) is 0 Å². The Balaban J connectivity index is 2.70. The topological polar surface area (TPSA) is 59.0 Å². The maximum absolute atomic E-state index is 11.8. The summed E-state index contributed by atoms with van der Waals surface area (Å²) in [5.41, 5.74) is -0.598. The zero-order valence-corrected chi connectivity index (χ0v) is 13.1. The predicted octanol–water partition coefficient (Wildman–Crippen LogP) is 1.86. The lowest BCUT2D eigenvalue weighted by Crippen LogP contribution is -2.47. The molecule has 0 aliphatic heterocycles. The molecule has 0 bridgehead atoms. The smallest absolute Gasteiger partial charge is 0.310 e. The number of hydrogen-bond acceptors (Lipinski definition) is 4. The second-order valence-corrected chi connectivity index (χ2v) is 6.05. The second-order valence-electron chi connectivity index (χ2n) is 6.05. The van der Waals surface area contributed by atoms with Crippen molar-refractivity contribution in [2.75, 3.05) is 47.1 Å². The van der Waals surface area contributed by atoms with E-state index in [1.807, 2.05) is 0 Å². The normalized spacial score (nSPS) is 26.9. The van der Waals surface area contributed by atoms with Gasteiger partial charge in [-0.25, -0.2) is 0 Å². The van der Waals surface area contributed by atoms with Gasteiger partial charge < -0.3 is 14.6 Å². The minimum atomic E-state index is -0.649. The molecule has 2 unspecified atom stereocenters. The van der Waals surface area contributed by atoms with Crippen LogP contribution in [0.25, 0.3) is 0 Å². The van der Waals surface area contributed by atoms with Gasteiger partial charge in [0.15, 0.2) is 0 Å². The fourth-order valence-corrected chi connectivity index (χ4v) is 3.20. The van der Waals surface area contributed by atoms with Gasteiger partial charge in [0.1, 0.15) is 0 Å². The van der Waals surface area contributed by atoms with Crippen molar-refractivity contribution >= 4 is 5.97 Å². The minimum Gasteiger partial charge on any atom is -0.481 e. The largest absolute Gasteiger partial charge is 0.481 e. The molecular formula is C15H29NO4. The lowest BCUT2D eigenvalue weighted by molar-refractivity contribution is -0.154. The lowest BCUT2D eigenvalue weighted by Gasteiger charge is -2.40. The maximum atomic E-state index is 11.8. The fourth-order valence-electron chi connectivity index (χ4n) is 3.20. The summed E-state index contributed by atoms with van der Waals surface area (Å²) in [6.07, 6.45) is 3.71. The minimum absolute atomic E-state index is 0.492. The molecule has 1 aliphatic carbocycles. The number of ether oxygens (including phenoxy) is 2. The highest BCUT2D eigenvalue weighted by molar-refractivity contribution is 5.75. The van der Waals surface area contributed by atoms with Crippen molar-refractivity contribution in [3.63, 3.8) is 0 Å². The van der Waals surface area contributed by atoms with Crippen LogP contribution < -0.4 is 0 Å². The van der Waals surface area contributed by atoms with Crippen LogP contribution in [0, 0.1) is 11.3 Å². The van der Waals surface area contributed by atoms with Gasteiger partial charge in [-0.05, 0) is 18.8 Å². The first-order valence-electron chi connectivity index (χ1n) is 7.47. The van der Waals surface area contributed by atoms with Crippen LogP contribution in [-0.4, -0.2) is 63.0 Å². The summed E-state index contributed by atoms with van der Waals surface area (Å²) in [7, 11) is 3.34. The Labute approximate surface area is 122 Å². The van der Waals surface area contributed by atoms with E-state index in [-0.39, 0.29) is 0 Å². The van der Waals surface area contributed by atoms with E-state index in [2.05, 4.69) is 11.8 Å². The van der Waals surface area contributed by atoms with Gasteiger partial charge in [0.25, 0.3) is 0 Å². The molecule has 20 heavy (non-hydrogen) atoms. The summed E-state index contributed by atoms with van der Waals surface area (Å²) in [5, 5.41) is 9.72. The van der Waals surface area contributed by atoms with Crippen LogP contribution in [0.3, 0.4) is 0 Å². The molecule has 5 nitrogen and oxygen atoms in total. The van der Waals surface area contributed by atoms with Gasteiger partial charge in [-0.15, -0.1) is 0 Å². The fraction of sp³-hybridized carbons (Fsp3) is 0.933. The Hall–Kier alpha value is -0.650. The standard InChI is InChI=1S/C15H29NO4/c1-13-5-4-6-15(11-13,14(17)18)12-16(7-9-19-2)8-10-20-3/h13H,4-12H2,1-3H3,(H,17,18). The Morgan fingerprint density at radius 1 is 1.30 bits per heavy atom. The van der Waals surface area contributed by atoms with Crippen molar-refractivity contribution in [3.8, 4) is 0 Å². The molecule has 0 aromatic carbocycles. The van der Waals surface area contributed by atoms with Crippen molar-refractivity contribution in [1.82, 2.24) is 4.90 Å². The molecule has 0 aromatic rings. The third kappa shape index (κ3) is 5.04. The van der Waals surface area contributed by atoms with Crippen LogP contribution in [-0.2, 0) is 14.3 Å². The van der Waals surface area contributed by atoms with E-state index < -0.39 is 11.4 Å². The van der Waals surface area contributed by atoms with E-state index in [4.69, 9.17) is 9.47 Å². The van der Waals surface area contributed by atoms with E-state index in [1.54, 1.807) is 14.2 Å². The molecule has 2 atom stereocenters. The highest BCUT2D eigenvalue weighted by atomic mass is 16.5. The van der Waals surface area contributed by atoms with Gasteiger partial charge in [0, 0.05) is 33.9 Å². The van der Waals surface area contributed by atoms with E-state index in [0.29, 0.717) is 25.7 Å². The molecule has 118 valence electrons. The van der Waals surface area contributed by atoms with Gasteiger partial charge in [-0.3, -0.25) is 9.69 Å². The molecule has 1 fully saturated rings. The van der Waals surface area contributed by atoms with Crippen molar-refractivity contribution in [3.05, 3.63) is 0 Å². The Morgan fingerprint density at radius 3 is 2.35 bits per heavy atom. The molecule has 1 aliphatic rings. The van der Waals surface area contributed by atoms with Crippen LogP contribution in [0.4, 0.5) is 0 Å². The first-order chi connectivity index (χ1) is 9.54. The molecule has 1 rings (SSSR count). The number of nitrogens with zero attached hydrogens (tertiary/aromatic N) is 1. The molecule has 1 N–H and O–H groups in total. The number of aliphatic carboxylic acids is 1. The zero-order chi connectivity index (χ0) is 15.0. The number of hydrogen-bond donors (Lipinski definition) is 1. The Kier molecular flexibility index (Phi) is 7.48. The second kappa shape index (κ2) is 8.60. The molecule has 0 amide bonds. The molecule has 0 heterocycles. The van der Waals surface area contributed by atoms with Crippen LogP contribution >= 0.6 is 0 Å². The molecule has 0 radical (unpaired) electrons. The van der Waals surface area contributed by atoms with E-state index in [0.717, 1.165) is 38.8 Å². The highest BCUT2D eigenvalue weighted by Crippen LogP contribution is 2.40.